The molecule has 102 valence electrons. The van der Waals surface area contributed by atoms with Gasteiger partial charge in [0.05, 0.1) is 5.02 Å². The fraction of sp³-hybridized carbons (Fsp3) is 0.333. The van der Waals surface area contributed by atoms with Crippen molar-refractivity contribution >= 4 is 22.9 Å². The monoisotopic (exact) mass is 297 g/mol. The van der Waals surface area contributed by atoms with E-state index in [1.165, 1.54) is 21.4 Å². The molecule has 0 aliphatic rings. The van der Waals surface area contributed by atoms with Gasteiger partial charge in [0.15, 0.2) is 0 Å². The van der Waals surface area contributed by atoms with E-state index in [0.717, 1.165) is 5.56 Å². The number of benzene rings is 1. The van der Waals surface area contributed by atoms with Crippen LogP contribution in [0.25, 0.3) is 0 Å². The van der Waals surface area contributed by atoms with Crippen LogP contribution in [0.15, 0.2) is 24.3 Å². The molecule has 0 fully saturated rings. The van der Waals surface area contributed by atoms with Gasteiger partial charge in [-0.15, -0.1) is 11.3 Å². The highest BCUT2D eigenvalue weighted by atomic mass is 35.5. The van der Waals surface area contributed by atoms with Crippen LogP contribution in [0.2, 0.25) is 5.02 Å². The summed E-state index contributed by atoms with van der Waals surface area (Å²) in [5.74, 6) is -0.365. The number of halogens is 2. The van der Waals surface area contributed by atoms with Crippen molar-refractivity contribution in [1.82, 2.24) is 5.32 Å². The van der Waals surface area contributed by atoms with E-state index in [2.05, 4.69) is 32.2 Å². The van der Waals surface area contributed by atoms with Crippen molar-refractivity contribution in [2.24, 2.45) is 0 Å². The summed E-state index contributed by atoms with van der Waals surface area (Å²) in [4.78, 5) is 2.63. The number of thiophene rings is 1. The van der Waals surface area contributed by atoms with Crippen LogP contribution in [0.4, 0.5) is 4.39 Å². The first-order chi connectivity index (χ1) is 8.99. The van der Waals surface area contributed by atoms with Crippen LogP contribution < -0.4 is 5.32 Å². The summed E-state index contributed by atoms with van der Waals surface area (Å²) in [6.07, 6.45) is 0. The maximum absolute atomic E-state index is 13.3. The molecule has 1 unspecified atom stereocenters. The second-order valence-corrected chi connectivity index (χ2v) is 6.52. The molecule has 2 aromatic rings. The van der Waals surface area contributed by atoms with E-state index >= 15 is 0 Å². The van der Waals surface area contributed by atoms with Crippen LogP contribution in [0.3, 0.4) is 0 Å². The SMILES string of the molecule is Cc1cc(C(C)NCc2cccc(F)c2Cl)c(C)s1. The predicted molar refractivity (Wildman–Crippen MR) is 80.5 cm³/mol. The van der Waals surface area contributed by atoms with Crippen molar-refractivity contribution in [3.05, 3.63) is 56.0 Å². The lowest BCUT2D eigenvalue weighted by Crippen LogP contribution is -2.18. The first-order valence-corrected chi connectivity index (χ1v) is 7.41. The third-order valence-electron chi connectivity index (χ3n) is 3.18. The molecule has 4 heteroatoms. The van der Waals surface area contributed by atoms with Crippen LogP contribution in [0.5, 0.6) is 0 Å². The Labute approximate surface area is 122 Å². The molecule has 0 bridgehead atoms. The van der Waals surface area contributed by atoms with Gasteiger partial charge in [0.2, 0.25) is 0 Å². The first-order valence-electron chi connectivity index (χ1n) is 6.22. The Morgan fingerprint density at radius 3 is 2.74 bits per heavy atom. The van der Waals surface area contributed by atoms with Crippen molar-refractivity contribution in [3.8, 4) is 0 Å². The van der Waals surface area contributed by atoms with E-state index in [1.54, 1.807) is 17.4 Å². The molecule has 19 heavy (non-hydrogen) atoms. The number of rotatable bonds is 4. The maximum atomic E-state index is 13.3. The molecule has 0 saturated heterocycles. The Morgan fingerprint density at radius 1 is 1.37 bits per heavy atom. The Bertz CT molecular complexity index is 580. The molecule has 2 rings (SSSR count). The summed E-state index contributed by atoms with van der Waals surface area (Å²) >= 11 is 7.74. The van der Waals surface area contributed by atoms with E-state index < -0.39 is 0 Å². The molecule has 0 amide bonds. The summed E-state index contributed by atoms with van der Waals surface area (Å²) < 4.78 is 13.3. The van der Waals surface area contributed by atoms with Crippen LogP contribution in [0, 0.1) is 19.7 Å². The van der Waals surface area contributed by atoms with Crippen LogP contribution in [-0.4, -0.2) is 0 Å². The lowest BCUT2D eigenvalue weighted by Gasteiger charge is -2.14. The minimum atomic E-state index is -0.365. The van der Waals surface area contributed by atoms with Gasteiger partial charge in [-0.2, -0.15) is 0 Å². The Kier molecular flexibility index (Phi) is 4.61. The van der Waals surface area contributed by atoms with E-state index in [1.807, 2.05) is 6.07 Å². The van der Waals surface area contributed by atoms with Crippen molar-refractivity contribution < 1.29 is 4.39 Å². The fourth-order valence-corrected chi connectivity index (χ4v) is 3.35. The van der Waals surface area contributed by atoms with Crippen LogP contribution in [-0.2, 0) is 6.54 Å². The van der Waals surface area contributed by atoms with E-state index in [9.17, 15) is 4.39 Å². The molecule has 1 atom stereocenters. The molecule has 1 aromatic carbocycles. The average molecular weight is 298 g/mol. The molecular weight excluding hydrogens is 281 g/mol. The Balaban J connectivity index is 2.06. The number of aryl methyl sites for hydroxylation is 2. The summed E-state index contributed by atoms with van der Waals surface area (Å²) in [6.45, 7) is 6.91. The lowest BCUT2D eigenvalue weighted by atomic mass is 10.1. The smallest absolute Gasteiger partial charge is 0.142 e. The summed E-state index contributed by atoms with van der Waals surface area (Å²) in [5.41, 5.74) is 2.09. The molecule has 1 N–H and O–H groups in total. The summed E-state index contributed by atoms with van der Waals surface area (Å²) in [7, 11) is 0. The lowest BCUT2D eigenvalue weighted by molar-refractivity contribution is 0.569. The zero-order valence-electron chi connectivity index (χ0n) is 11.3. The number of hydrogen-bond donors (Lipinski definition) is 1. The van der Waals surface area contributed by atoms with Gasteiger partial charge >= 0.3 is 0 Å². The van der Waals surface area contributed by atoms with Gasteiger partial charge in [0.25, 0.3) is 0 Å². The number of nitrogens with one attached hydrogen (secondary N) is 1. The van der Waals surface area contributed by atoms with E-state index in [0.29, 0.717) is 6.54 Å². The van der Waals surface area contributed by atoms with E-state index in [4.69, 9.17) is 11.6 Å². The zero-order valence-corrected chi connectivity index (χ0v) is 12.8. The highest BCUT2D eigenvalue weighted by Gasteiger charge is 2.12. The highest BCUT2D eigenvalue weighted by Crippen LogP contribution is 2.27. The topological polar surface area (TPSA) is 12.0 Å². The highest BCUT2D eigenvalue weighted by molar-refractivity contribution is 7.12. The average Bonchev–Trinajstić information content (AvgIpc) is 2.70. The fourth-order valence-electron chi connectivity index (χ4n) is 2.14. The van der Waals surface area contributed by atoms with Crippen molar-refractivity contribution in [2.45, 2.75) is 33.4 Å². The largest absolute Gasteiger partial charge is 0.306 e. The van der Waals surface area contributed by atoms with Gasteiger partial charge in [0, 0.05) is 22.3 Å². The molecule has 1 nitrogen and oxygen atoms in total. The molecule has 0 radical (unpaired) electrons. The van der Waals surface area contributed by atoms with Crippen molar-refractivity contribution in [3.63, 3.8) is 0 Å². The minimum Gasteiger partial charge on any atom is -0.306 e. The van der Waals surface area contributed by atoms with Gasteiger partial charge in [-0.25, -0.2) is 4.39 Å². The quantitative estimate of drug-likeness (QED) is 0.836. The second kappa shape index (κ2) is 6.04. The second-order valence-electron chi connectivity index (χ2n) is 4.68. The maximum Gasteiger partial charge on any atom is 0.142 e. The van der Waals surface area contributed by atoms with Crippen molar-refractivity contribution in [2.75, 3.05) is 0 Å². The number of hydrogen-bond acceptors (Lipinski definition) is 2. The first kappa shape index (κ1) is 14.5. The minimum absolute atomic E-state index is 0.209. The molecule has 0 saturated carbocycles. The summed E-state index contributed by atoms with van der Waals surface area (Å²) in [5, 5.41) is 3.60. The normalized spacial score (nSPS) is 12.7. The molecular formula is C15H17ClFNS. The Hall–Kier alpha value is -0.900. The molecule has 0 aliphatic heterocycles. The molecule has 1 heterocycles. The van der Waals surface area contributed by atoms with Gasteiger partial charge in [-0.05, 0) is 44.0 Å². The molecule has 0 aliphatic carbocycles. The van der Waals surface area contributed by atoms with Crippen LogP contribution in [0.1, 0.15) is 33.8 Å². The van der Waals surface area contributed by atoms with E-state index in [-0.39, 0.29) is 16.9 Å². The molecule has 1 aromatic heterocycles. The Morgan fingerprint density at radius 2 is 2.11 bits per heavy atom. The van der Waals surface area contributed by atoms with Gasteiger partial charge < -0.3 is 5.32 Å². The van der Waals surface area contributed by atoms with Crippen LogP contribution >= 0.6 is 22.9 Å². The molecule has 0 spiro atoms. The third-order valence-corrected chi connectivity index (χ3v) is 4.58. The zero-order chi connectivity index (χ0) is 14.0. The van der Waals surface area contributed by atoms with Gasteiger partial charge in [-0.3, -0.25) is 0 Å². The predicted octanol–water partition coefficient (Wildman–Crippen LogP) is 5.01. The summed E-state index contributed by atoms with van der Waals surface area (Å²) in [6, 6.07) is 7.33. The van der Waals surface area contributed by atoms with Gasteiger partial charge in [0.1, 0.15) is 5.82 Å². The third kappa shape index (κ3) is 3.35. The standard InChI is InChI=1S/C15H17ClFNS/c1-9-7-13(11(3)19-9)10(2)18-8-12-5-4-6-14(17)15(12)16/h4-7,10,18H,8H2,1-3H3. The van der Waals surface area contributed by atoms with Crippen molar-refractivity contribution in [1.29, 1.82) is 0 Å². The van der Waals surface area contributed by atoms with Gasteiger partial charge in [-0.1, -0.05) is 23.7 Å².